The molecule has 2 aromatic carbocycles. The molecule has 0 spiro atoms. The molecule has 0 saturated carbocycles. The summed E-state index contributed by atoms with van der Waals surface area (Å²) in [5, 5.41) is 18.0. The lowest BCUT2D eigenvalue weighted by atomic mass is 9.82. The van der Waals surface area contributed by atoms with Crippen LogP contribution in [0.5, 0.6) is 0 Å². The lowest BCUT2D eigenvalue weighted by Gasteiger charge is -2.29. The minimum atomic E-state index is -0.969. The number of nitrogens with zero attached hydrogens (tertiary/aromatic N) is 1. The van der Waals surface area contributed by atoms with Crippen molar-refractivity contribution >= 4 is 35.5 Å². The van der Waals surface area contributed by atoms with Gasteiger partial charge in [-0.15, -0.1) is 0 Å². The molecule has 3 atom stereocenters. The Labute approximate surface area is 247 Å². The first-order valence-corrected chi connectivity index (χ1v) is 14.5. The van der Waals surface area contributed by atoms with Crippen molar-refractivity contribution in [2.75, 3.05) is 13.7 Å². The summed E-state index contributed by atoms with van der Waals surface area (Å²) in [6, 6.07) is 15.6. The predicted molar refractivity (Wildman–Crippen MR) is 161 cm³/mol. The number of alkyl carbamates (subject to hydrolysis) is 1. The van der Waals surface area contributed by atoms with E-state index in [-0.39, 0.29) is 42.1 Å². The minimum Gasteiger partial charge on any atom is -0.453 e. The number of amides is 3. The number of rotatable bonds is 13. The molecule has 1 aliphatic rings. The summed E-state index contributed by atoms with van der Waals surface area (Å²) < 4.78 is 4.74. The van der Waals surface area contributed by atoms with Gasteiger partial charge in [0.15, 0.2) is 5.96 Å². The quantitative estimate of drug-likeness (QED) is 0.269. The van der Waals surface area contributed by atoms with Gasteiger partial charge in [-0.3, -0.25) is 19.9 Å². The van der Waals surface area contributed by atoms with Crippen molar-refractivity contribution in [2.45, 2.75) is 71.0 Å². The number of methoxy groups -OCH3 is 1. The van der Waals surface area contributed by atoms with E-state index in [4.69, 9.17) is 21.7 Å². The van der Waals surface area contributed by atoms with E-state index in [1.165, 1.54) is 12.0 Å². The Morgan fingerprint density at radius 3 is 2.32 bits per heavy atom. The van der Waals surface area contributed by atoms with E-state index >= 15 is 0 Å². The molecular weight excluding hydrogens is 542 g/mol. The van der Waals surface area contributed by atoms with E-state index in [1.54, 1.807) is 12.1 Å². The summed E-state index contributed by atoms with van der Waals surface area (Å²) >= 11 is 6.31. The second-order valence-electron chi connectivity index (χ2n) is 11.3. The molecule has 1 heterocycles. The van der Waals surface area contributed by atoms with E-state index in [9.17, 15) is 14.4 Å². The molecule has 41 heavy (non-hydrogen) atoms. The van der Waals surface area contributed by atoms with Crippen molar-refractivity contribution in [1.29, 1.82) is 5.41 Å². The Hall–Kier alpha value is -3.59. The fourth-order valence-corrected chi connectivity index (χ4v) is 5.49. The molecule has 2 aromatic rings. The minimum absolute atomic E-state index is 0.0896. The lowest BCUT2D eigenvalue weighted by Crippen LogP contribution is -2.52. The SMILES string of the molecule is COC(=O)N[C@@H](Cc1ccccc1Cl)C(=O)NC(CCCN1C(=N)NC(CC(C)C)(c2ccccc2)C1=O)C(C)C. The van der Waals surface area contributed by atoms with Gasteiger partial charge in [-0.1, -0.05) is 87.8 Å². The summed E-state index contributed by atoms with van der Waals surface area (Å²) in [5.41, 5.74) is 0.610. The van der Waals surface area contributed by atoms with Crippen LogP contribution in [-0.4, -0.2) is 54.5 Å². The first-order valence-electron chi connectivity index (χ1n) is 14.1. The van der Waals surface area contributed by atoms with Gasteiger partial charge in [-0.05, 0) is 48.3 Å². The molecule has 1 saturated heterocycles. The highest BCUT2D eigenvalue weighted by Gasteiger charge is 2.50. The second-order valence-corrected chi connectivity index (χ2v) is 11.7. The van der Waals surface area contributed by atoms with Crippen molar-refractivity contribution in [1.82, 2.24) is 20.9 Å². The molecule has 222 valence electrons. The average molecular weight is 584 g/mol. The number of hydrogen-bond acceptors (Lipinski definition) is 5. The van der Waals surface area contributed by atoms with Gasteiger partial charge in [-0.25, -0.2) is 4.79 Å². The largest absolute Gasteiger partial charge is 0.453 e. The smallest absolute Gasteiger partial charge is 0.407 e. The number of ether oxygens (including phenoxy) is 1. The topological polar surface area (TPSA) is 124 Å². The third-order valence-electron chi connectivity index (χ3n) is 7.40. The molecule has 1 aliphatic heterocycles. The maximum Gasteiger partial charge on any atom is 0.407 e. The monoisotopic (exact) mass is 583 g/mol. The molecule has 2 unspecified atom stereocenters. The number of carbonyl (C=O) groups excluding carboxylic acids is 3. The average Bonchev–Trinajstić information content (AvgIpc) is 3.17. The molecule has 9 nitrogen and oxygen atoms in total. The van der Waals surface area contributed by atoms with Crippen LogP contribution in [0.4, 0.5) is 4.79 Å². The van der Waals surface area contributed by atoms with E-state index in [0.717, 1.165) is 11.1 Å². The van der Waals surface area contributed by atoms with Gasteiger partial charge < -0.3 is 20.7 Å². The Bertz CT molecular complexity index is 1220. The summed E-state index contributed by atoms with van der Waals surface area (Å²) in [5.74, 6) is -0.0615. The summed E-state index contributed by atoms with van der Waals surface area (Å²) in [6.07, 6.45) is 1.22. The van der Waals surface area contributed by atoms with Crippen LogP contribution < -0.4 is 16.0 Å². The number of nitrogens with one attached hydrogen (secondary N) is 4. The van der Waals surface area contributed by atoms with Crippen LogP contribution in [0.2, 0.25) is 5.02 Å². The van der Waals surface area contributed by atoms with E-state index in [0.29, 0.717) is 30.8 Å². The van der Waals surface area contributed by atoms with Gasteiger partial charge in [-0.2, -0.15) is 0 Å². The van der Waals surface area contributed by atoms with Crippen molar-refractivity contribution in [3.8, 4) is 0 Å². The molecule has 4 N–H and O–H groups in total. The van der Waals surface area contributed by atoms with Gasteiger partial charge in [0, 0.05) is 24.0 Å². The predicted octanol–water partition coefficient (Wildman–Crippen LogP) is 4.84. The number of hydrogen-bond donors (Lipinski definition) is 4. The number of benzene rings is 2. The maximum absolute atomic E-state index is 13.8. The Morgan fingerprint density at radius 1 is 1.05 bits per heavy atom. The maximum atomic E-state index is 13.8. The molecule has 0 radical (unpaired) electrons. The van der Waals surface area contributed by atoms with Crippen LogP contribution >= 0.6 is 11.6 Å². The highest BCUT2D eigenvalue weighted by atomic mass is 35.5. The van der Waals surface area contributed by atoms with Crippen LogP contribution in [0.15, 0.2) is 54.6 Å². The van der Waals surface area contributed by atoms with Crippen LogP contribution in [-0.2, 0) is 26.3 Å². The molecule has 0 aliphatic carbocycles. The molecule has 0 bridgehead atoms. The van der Waals surface area contributed by atoms with Crippen LogP contribution in [0.1, 0.15) is 58.1 Å². The lowest BCUT2D eigenvalue weighted by molar-refractivity contribution is -0.132. The van der Waals surface area contributed by atoms with Gasteiger partial charge in [0.05, 0.1) is 7.11 Å². The Morgan fingerprint density at radius 2 is 1.71 bits per heavy atom. The molecule has 0 aromatic heterocycles. The summed E-state index contributed by atoms with van der Waals surface area (Å²) in [6.45, 7) is 8.50. The fourth-order valence-electron chi connectivity index (χ4n) is 5.27. The highest BCUT2D eigenvalue weighted by molar-refractivity contribution is 6.31. The second kappa shape index (κ2) is 14.3. The molecular formula is C31H42ClN5O4. The van der Waals surface area contributed by atoms with Crippen LogP contribution in [0, 0.1) is 17.2 Å². The van der Waals surface area contributed by atoms with Crippen molar-refractivity contribution in [3.63, 3.8) is 0 Å². The molecule has 10 heteroatoms. The van der Waals surface area contributed by atoms with Crippen LogP contribution in [0.25, 0.3) is 0 Å². The summed E-state index contributed by atoms with van der Waals surface area (Å²) in [4.78, 5) is 40.7. The zero-order valence-electron chi connectivity index (χ0n) is 24.5. The molecule has 3 rings (SSSR count). The highest BCUT2D eigenvalue weighted by Crippen LogP contribution is 2.35. The number of halogens is 1. The van der Waals surface area contributed by atoms with Crippen LogP contribution in [0.3, 0.4) is 0 Å². The van der Waals surface area contributed by atoms with Crippen molar-refractivity contribution < 1.29 is 19.1 Å². The van der Waals surface area contributed by atoms with Gasteiger partial charge >= 0.3 is 6.09 Å². The molecule has 1 fully saturated rings. The van der Waals surface area contributed by atoms with Gasteiger partial charge in [0.2, 0.25) is 5.91 Å². The standard InChI is InChI=1S/C31H42ClN5O4/c1-20(2)19-31(23-13-7-6-8-14-23)28(39)37(29(33)36-31)17-11-16-25(21(3)4)34-27(38)26(35-30(40)41-5)18-22-12-9-10-15-24(22)32/h6-10,12-15,20-21,25-26H,11,16-19H2,1-5H3,(H2,33,36)(H,34,38)(H,35,40)/t25?,26-,31?/m0/s1. The summed E-state index contributed by atoms with van der Waals surface area (Å²) in [7, 11) is 1.25. The van der Waals surface area contributed by atoms with Crippen molar-refractivity contribution in [3.05, 3.63) is 70.7 Å². The van der Waals surface area contributed by atoms with Crippen molar-refractivity contribution in [2.24, 2.45) is 11.8 Å². The fraction of sp³-hybridized carbons (Fsp3) is 0.484. The number of guanidine groups is 1. The van der Waals surface area contributed by atoms with Gasteiger partial charge in [0.1, 0.15) is 11.6 Å². The Kier molecular flexibility index (Phi) is 11.2. The van der Waals surface area contributed by atoms with E-state index in [1.807, 2.05) is 56.3 Å². The van der Waals surface area contributed by atoms with E-state index in [2.05, 4.69) is 29.8 Å². The molecule has 3 amide bonds. The Balaban J connectivity index is 1.68. The zero-order chi connectivity index (χ0) is 30.2. The first kappa shape index (κ1) is 31.9. The third kappa shape index (κ3) is 8.00. The normalized spacial score (nSPS) is 18.3. The van der Waals surface area contributed by atoms with E-state index < -0.39 is 17.7 Å². The first-order chi connectivity index (χ1) is 19.5. The van der Waals surface area contributed by atoms with Gasteiger partial charge in [0.25, 0.3) is 5.91 Å². The number of carbonyl (C=O) groups is 3. The zero-order valence-corrected chi connectivity index (χ0v) is 25.3. The third-order valence-corrected chi connectivity index (χ3v) is 7.77.